The summed E-state index contributed by atoms with van der Waals surface area (Å²) in [5.74, 6) is -0.892. The summed E-state index contributed by atoms with van der Waals surface area (Å²) < 4.78 is 5.17. The number of carbonyl (C=O) groups is 2. The molecule has 0 aliphatic rings. The lowest BCUT2D eigenvalue weighted by atomic mass is 10.2. The van der Waals surface area contributed by atoms with Gasteiger partial charge in [-0.25, -0.2) is 4.79 Å². The Labute approximate surface area is 156 Å². The number of hydrogen-bond acceptors (Lipinski definition) is 4. The molecule has 2 atom stereocenters. The van der Waals surface area contributed by atoms with Gasteiger partial charge >= 0.3 is 5.97 Å². The van der Waals surface area contributed by atoms with Crippen molar-refractivity contribution < 1.29 is 14.3 Å². The maximum absolute atomic E-state index is 11.8. The van der Waals surface area contributed by atoms with E-state index < -0.39 is 24.0 Å². The highest BCUT2D eigenvalue weighted by Gasteiger charge is 2.18. The van der Waals surface area contributed by atoms with Crippen molar-refractivity contribution in [1.82, 2.24) is 5.32 Å². The first-order valence-electron chi connectivity index (χ1n) is 8.40. The minimum atomic E-state index is -0.737. The predicted octanol–water partition coefficient (Wildman–Crippen LogP) is 3.13. The molecule has 1 amide bonds. The Morgan fingerprint density at radius 1 is 1.15 bits per heavy atom. The third-order valence-corrected chi connectivity index (χ3v) is 3.24. The standard InChI is InChI=1S/C21H30N2O3/c1-7-15(2)10-8-11-16(3)12-9-13-17(4)14-26-21(25)19(6)23-20(24)18(5)22/h7-13,18-19H,1-2,14,22H2,3-6H3,(H,23,24)/t18-,19-/m0/s1. The highest BCUT2D eigenvalue weighted by molar-refractivity contribution is 5.86. The Bertz CT molecular complexity index is 638. The first-order valence-corrected chi connectivity index (χ1v) is 8.40. The van der Waals surface area contributed by atoms with Crippen molar-refractivity contribution in [1.29, 1.82) is 0 Å². The van der Waals surface area contributed by atoms with Crippen LogP contribution >= 0.6 is 0 Å². The van der Waals surface area contributed by atoms with Gasteiger partial charge in [0.2, 0.25) is 5.91 Å². The fourth-order valence-corrected chi connectivity index (χ4v) is 1.57. The first-order chi connectivity index (χ1) is 12.2. The summed E-state index contributed by atoms with van der Waals surface area (Å²) in [6.45, 7) is 14.5. The third-order valence-electron chi connectivity index (χ3n) is 3.24. The van der Waals surface area contributed by atoms with Crippen LogP contribution in [0.1, 0.15) is 27.7 Å². The van der Waals surface area contributed by atoms with E-state index in [1.54, 1.807) is 19.9 Å². The fraction of sp³-hybridized carbons (Fsp3) is 0.333. The van der Waals surface area contributed by atoms with Crippen molar-refractivity contribution in [2.24, 2.45) is 5.73 Å². The van der Waals surface area contributed by atoms with Gasteiger partial charge in [-0.15, -0.1) is 0 Å². The second-order valence-corrected chi connectivity index (χ2v) is 6.05. The molecule has 3 N–H and O–H groups in total. The van der Waals surface area contributed by atoms with E-state index in [2.05, 4.69) is 18.5 Å². The molecule has 0 aliphatic carbocycles. The van der Waals surface area contributed by atoms with Gasteiger partial charge in [0.05, 0.1) is 6.04 Å². The minimum Gasteiger partial charge on any atom is -0.460 e. The van der Waals surface area contributed by atoms with E-state index >= 15 is 0 Å². The molecule has 0 aromatic carbocycles. The summed E-state index contributed by atoms with van der Waals surface area (Å²) in [6.07, 6.45) is 13.1. The molecular formula is C21H30N2O3. The highest BCUT2D eigenvalue weighted by Crippen LogP contribution is 2.01. The second-order valence-electron chi connectivity index (χ2n) is 6.05. The quantitative estimate of drug-likeness (QED) is 0.464. The van der Waals surface area contributed by atoms with E-state index in [0.717, 1.165) is 16.7 Å². The molecule has 142 valence electrons. The molecule has 26 heavy (non-hydrogen) atoms. The summed E-state index contributed by atoms with van der Waals surface area (Å²) in [5.41, 5.74) is 8.23. The van der Waals surface area contributed by atoms with Crippen molar-refractivity contribution in [3.63, 3.8) is 0 Å². The van der Waals surface area contributed by atoms with Crippen LogP contribution in [-0.4, -0.2) is 30.6 Å². The lowest BCUT2D eigenvalue weighted by molar-refractivity contribution is -0.146. The molecule has 0 aromatic rings. The van der Waals surface area contributed by atoms with Crippen LogP contribution in [0.2, 0.25) is 0 Å². The lowest BCUT2D eigenvalue weighted by Crippen LogP contribution is -2.46. The van der Waals surface area contributed by atoms with Gasteiger partial charge < -0.3 is 15.8 Å². The van der Waals surface area contributed by atoms with E-state index in [0.29, 0.717) is 0 Å². The molecule has 0 saturated carbocycles. The van der Waals surface area contributed by atoms with Gasteiger partial charge in [0.1, 0.15) is 12.6 Å². The van der Waals surface area contributed by atoms with Gasteiger partial charge in [-0.3, -0.25) is 4.79 Å². The number of nitrogens with one attached hydrogen (secondary N) is 1. The van der Waals surface area contributed by atoms with Crippen molar-refractivity contribution >= 4 is 11.9 Å². The smallest absolute Gasteiger partial charge is 0.328 e. The molecule has 0 rings (SSSR count). The van der Waals surface area contributed by atoms with Gasteiger partial charge in [-0.2, -0.15) is 0 Å². The third kappa shape index (κ3) is 11.0. The van der Waals surface area contributed by atoms with E-state index in [4.69, 9.17) is 10.5 Å². The number of nitrogens with two attached hydrogens (primary N) is 1. The zero-order valence-electron chi connectivity index (χ0n) is 16.1. The molecule has 0 unspecified atom stereocenters. The molecular weight excluding hydrogens is 328 g/mol. The zero-order valence-corrected chi connectivity index (χ0v) is 16.1. The molecule has 5 nitrogen and oxygen atoms in total. The van der Waals surface area contributed by atoms with E-state index in [1.165, 1.54) is 0 Å². The second kappa shape index (κ2) is 12.7. The van der Waals surface area contributed by atoms with Gasteiger partial charge in [-0.1, -0.05) is 61.3 Å². The minimum absolute atomic E-state index is 0.156. The Morgan fingerprint density at radius 2 is 1.77 bits per heavy atom. The molecule has 0 fully saturated rings. The summed E-state index contributed by atoms with van der Waals surface area (Å²) in [7, 11) is 0. The van der Waals surface area contributed by atoms with Crippen molar-refractivity contribution in [2.45, 2.75) is 39.8 Å². The Balaban J connectivity index is 4.44. The summed E-state index contributed by atoms with van der Waals surface area (Å²) in [5, 5.41) is 2.49. The molecule has 0 bridgehead atoms. The van der Waals surface area contributed by atoms with Crippen LogP contribution < -0.4 is 11.1 Å². The maximum Gasteiger partial charge on any atom is 0.328 e. The monoisotopic (exact) mass is 358 g/mol. The number of hydrogen-bond donors (Lipinski definition) is 2. The largest absolute Gasteiger partial charge is 0.460 e. The number of esters is 1. The van der Waals surface area contributed by atoms with Crippen molar-refractivity contribution in [3.8, 4) is 0 Å². The van der Waals surface area contributed by atoms with Gasteiger partial charge in [0, 0.05) is 0 Å². The molecule has 0 heterocycles. The summed E-state index contributed by atoms with van der Waals surface area (Å²) in [4.78, 5) is 23.3. The van der Waals surface area contributed by atoms with Gasteiger partial charge in [0.25, 0.3) is 0 Å². The van der Waals surface area contributed by atoms with Crippen LogP contribution in [0.3, 0.4) is 0 Å². The molecule has 0 saturated heterocycles. The molecule has 0 aliphatic heterocycles. The molecule has 0 aromatic heterocycles. The Hall–Kier alpha value is -2.66. The number of ether oxygens (including phenoxy) is 1. The number of carbonyl (C=O) groups excluding carboxylic acids is 2. The van der Waals surface area contributed by atoms with Crippen molar-refractivity contribution in [3.05, 3.63) is 72.4 Å². The van der Waals surface area contributed by atoms with Crippen LogP contribution in [0.25, 0.3) is 0 Å². The summed E-state index contributed by atoms with van der Waals surface area (Å²) >= 11 is 0. The SMILES string of the molecule is C=CC(=C)C=CC=C(C)C=CC=C(C)COC(=O)[C@H](C)NC(=O)[C@H](C)N. The van der Waals surface area contributed by atoms with Crippen LogP contribution in [0, 0.1) is 0 Å². The van der Waals surface area contributed by atoms with Gasteiger partial charge in [0.15, 0.2) is 0 Å². The average Bonchev–Trinajstić information content (AvgIpc) is 2.59. The normalized spacial score (nSPS) is 15.0. The van der Waals surface area contributed by atoms with Gasteiger partial charge in [-0.05, 0) is 38.8 Å². The molecule has 0 spiro atoms. The average molecular weight is 358 g/mol. The number of rotatable bonds is 10. The van der Waals surface area contributed by atoms with Crippen LogP contribution in [0.5, 0.6) is 0 Å². The fourth-order valence-electron chi connectivity index (χ4n) is 1.57. The van der Waals surface area contributed by atoms with Crippen LogP contribution in [0.15, 0.2) is 72.4 Å². The van der Waals surface area contributed by atoms with E-state index in [-0.39, 0.29) is 6.61 Å². The Kier molecular flexibility index (Phi) is 11.4. The molecule has 0 radical (unpaired) electrons. The zero-order chi connectivity index (χ0) is 20.1. The number of allylic oxidation sites excluding steroid dienone is 9. The lowest BCUT2D eigenvalue weighted by Gasteiger charge is -2.14. The first kappa shape index (κ1) is 23.3. The summed E-state index contributed by atoms with van der Waals surface area (Å²) in [6, 6.07) is -1.41. The van der Waals surface area contributed by atoms with E-state index in [9.17, 15) is 9.59 Å². The highest BCUT2D eigenvalue weighted by atomic mass is 16.5. The van der Waals surface area contributed by atoms with Crippen LogP contribution in [-0.2, 0) is 14.3 Å². The Morgan fingerprint density at radius 3 is 2.35 bits per heavy atom. The van der Waals surface area contributed by atoms with Crippen molar-refractivity contribution in [2.75, 3.05) is 6.61 Å². The van der Waals surface area contributed by atoms with Crippen LogP contribution in [0.4, 0.5) is 0 Å². The topological polar surface area (TPSA) is 81.4 Å². The maximum atomic E-state index is 11.8. The predicted molar refractivity (Wildman–Crippen MR) is 107 cm³/mol. The number of amides is 1. The molecule has 5 heteroatoms. The van der Waals surface area contributed by atoms with E-state index in [1.807, 2.05) is 50.3 Å².